The van der Waals surface area contributed by atoms with Gasteiger partial charge in [0.05, 0.1) is 6.61 Å². The van der Waals surface area contributed by atoms with E-state index in [1.165, 1.54) is 0 Å². The third kappa shape index (κ3) is 4.29. The molecule has 3 fully saturated rings. The molecule has 0 bridgehead atoms. The third-order valence-corrected chi connectivity index (χ3v) is 5.88. The summed E-state index contributed by atoms with van der Waals surface area (Å²) in [6, 6.07) is 20.4. The summed E-state index contributed by atoms with van der Waals surface area (Å²) < 4.78 is 37.3. The first-order chi connectivity index (χ1) is 14.8. The van der Waals surface area contributed by atoms with Crippen LogP contribution in [0.4, 0.5) is 0 Å². The number of benzene rings is 2. The Bertz CT molecular complexity index is 844. The Balaban J connectivity index is 1.38. The van der Waals surface area contributed by atoms with E-state index in [2.05, 4.69) is 24.3 Å². The monoisotopic (exact) mass is 426 g/mol. The molecule has 0 aromatic heterocycles. The average molecular weight is 427 g/mol. The highest BCUT2D eigenvalue weighted by atomic mass is 16.9. The minimum absolute atomic E-state index is 0.213. The van der Waals surface area contributed by atoms with Crippen molar-refractivity contribution in [3.05, 3.63) is 71.8 Å². The lowest BCUT2D eigenvalue weighted by molar-refractivity contribution is -0.244. The summed E-state index contributed by atoms with van der Waals surface area (Å²) in [7, 11) is 0. The summed E-state index contributed by atoms with van der Waals surface area (Å²) in [5.74, 6) is -1.46. The molecule has 6 heteroatoms. The highest BCUT2D eigenvalue weighted by molar-refractivity contribution is 5.29. The predicted molar refractivity (Wildman–Crippen MR) is 113 cm³/mol. The van der Waals surface area contributed by atoms with Crippen molar-refractivity contribution in [3.8, 4) is 0 Å². The zero-order chi connectivity index (χ0) is 21.6. The molecule has 0 N–H and O–H groups in total. The molecule has 3 aliphatic heterocycles. The summed E-state index contributed by atoms with van der Waals surface area (Å²) in [6.07, 6.45) is -2.00. The molecule has 3 heterocycles. The van der Waals surface area contributed by atoms with Crippen LogP contribution in [0.5, 0.6) is 0 Å². The van der Waals surface area contributed by atoms with Crippen molar-refractivity contribution in [2.75, 3.05) is 6.61 Å². The maximum atomic E-state index is 6.47. The van der Waals surface area contributed by atoms with Gasteiger partial charge in [0.15, 0.2) is 17.9 Å². The van der Waals surface area contributed by atoms with E-state index in [9.17, 15) is 0 Å². The van der Waals surface area contributed by atoms with Gasteiger partial charge < -0.3 is 28.4 Å². The molecule has 5 atom stereocenters. The molecule has 2 aromatic rings. The van der Waals surface area contributed by atoms with E-state index in [1.54, 1.807) is 0 Å². The van der Waals surface area contributed by atoms with E-state index in [1.807, 2.05) is 64.1 Å². The zero-order valence-corrected chi connectivity index (χ0v) is 18.4. The molecule has 0 spiro atoms. The van der Waals surface area contributed by atoms with Crippen molar-refractivity contribution in [2.45, 2.75) is 76.1 Å². The van der Waals surface area contributed by atoms with Crippen molar-refractivity contribution >= 4 is 0 Å². The molecule has 3 aliphatic rings. The minimum atomic E-state index is -0.734. The van der Waals surface area contributed by atoms with Crippen molar-refractivity contribution in [1.29, 1.82) is 0 Å². The first-order valence-electron chi connectivity index (χ1n) is 10.9. The molecule has 0 aliphatic carbocycles. The summed E-state index contributed by atoms with van der Waals surface area (Å²) in [4.78, 5) is 0. The second-order valence-corrected chi connectivity index (χ2v) is 9.24. The first-order valence-corrected chi connectivity index (χ1v) is 10.9. The van der Waals surface area contributed by atoms with Gasteiger partial charge in [-0.15, -0.1) is 0 Å². The SMILES string of the molecule is CC1(C)O[C@H]2O[C@H](COC(c3ccccc3)c3ccccc3)[C@H]3OC(C)(C)O[C@H]3[C@H]2O1. The Kier molecular flexibility index (Phi) is 5.41. The van der Waals surface area contributed by atoms with Crippen LogP contribution in [0.3, 0.4) is 0 Å². The molecule has 0 saturated carbocycles. The maximum absolute atomic E-state index is 6.47. The van der Waals surface area contributed by atoms with Gasteiger partial charge in [-0.2, -0.15) is 0 Å². The summed E-state index contributed by atoms with van der Waals surface area (Å²) in [5, 5.41) is 0. The molecule has 0 radical (unpaired) electrons. The molecule has 166 valence electrons. The second-order valence-electron chi connectivity index (χ2n) is 9.24. The smallest absolute Gasteiger partial charge is 0.190 e. The fourth-order valence-corrected chi connectivity index (χ4v) is 4.66. The Morgan fingerprint density at radius 1 is 0.710 bits per heavy atom. The summed E-state index contributed by atoms with van der Waals surface area (Å²) >= 11 is 0. The van der Waals surface area contributed by atoms with E-state index in [0.717, 1.165) is 11.1 Å². The Labute approximate surface area is 183 Å². The lowest BCUT2D eigenvalue weighted by atomic mass is 9.98. The predicted octanol–water partition coefficient (Wildman–Crippen LogP) is 4.19. The number of ether oxygens (including phenoxy) is 6. The van der Waals surface area contributed by atoms with Gasteiger partial charge in [0.2, 0.25) is 0 Å². The number of rotatable bonds is 5. The van der Waals surface area contributed by atoms with Gasteiger partial charge >= 0.3 is 0 Å². The van der Waals surface area contributed by atoms with Crippen LogP contribution < -0.4 is 0 Å². The molecule has 3 saturated heterocycles. The van der Waals surface area contributed by atoms with Crippen molar-refractivity contribution in [1.82, 2.24) is 0 Å². The molecule has 2 aromatic carbocycles. The molecular formula is C25H30O6. The van der Waals surface area contributed by atoms with Crippen LogP contribution in [0.25, 0.3) is 0 Å². The van der Waals surface area contributed by atoms with Crippen LogP contribution in [0.2, 0.25) is 0 Å². The topological polar surface area (TPSA) is 55.4 Å². The lowest BCUT2D eigenvalue weighted by Crippen LogP contribution is -2.56. The van der Waals surface area contributed by atoms with Gasteiger partial charge in [-0.05, 0) is 38.8 Å². The lowest BCUT2D eigenvalue weighted by Gasteiger charge is -2.37. The third-order valence-electron chi connectivity index (χ3n) is 5.88. The zero-order valence-electron chi connectivity index (χ0n) is 18.4. The van der Waals surface area contributed by atoms with Crippen molar-refractivity contribution in [3.63, 3.8) is 0 Å². The van der Waals surface area contributed by atoms with Gasteiger partial charge in [-0.25, -0.2) is 0 Å². The van der Waals surface area contributed by atoms with Crippen LogP contribution >= 0.6 is 0 Å². The van der Waals surface area contributed by atoms with Gasteiger partial charge in [0.25, 0.3) is 0 Å². The Hall–Kier alpha value is -1.80. The van der Waals surface area contributed by atoms with Crippen LogP contribution in [-0.4, -0.2) is 48.9 Å². The average Bonchev–Trinajstić information content (AvgIpc) is 3.24. The number of fused-ring (bicyclic) bond motifs is 3. The van der Waals surface area contributed by atoms with Crippen LogP contribution in [0, 0.1) is 0 Å². The highest BCUT2D eigenvalue weighted by Crippen LogP contribution is 2.44. The fraction of sp³-hybridized carbons (Fsp3) is 0.520. The molecule has 0 amide bonds. The van der Waals surface area contributed by atoms with Crippen LogP contribution in [-0.2, 0) is 28.4 Å². The van der Waals surface area contributed by atoms with Gasteiger partial charge in [0, 0.05) is 0 Å². The standard InChI is InChI=1S/C25H30O6/c1-24(2)28-20-18(27-23-22(21(20)29-24)30-25(3,4)31-23)15-26-19(16-11-7-5-8-12-16)17-13-9-6-10-14-17/h5-14,18-23H,15H2,1-4H3/t18-,20-,21-,22-,23-/m1/s1. The van der Waals surface area contributed by atoms with E-state index in [0.29, 0.717) is 6.61 Å². The minimum Gasteiger partial charge on any atom is -0.366 e. The summed E-state index contributed by atoms with van der Waals surface area (Å²) in [6.45, 7) is 7.93. The second kappa shape index (κ2) is 7.96. The molecule has 31 heavy (non-hydrogen) atoms. The fourth-order valence-electron chi connectivity index (χ4n) is 4.66. The van der Waals surface area contributed by atoms with Gasteiger partial charge in [0.1, 0.15) is 30.5 Å². The van der Waals surface area contributed by atoms with E-state index < -0.39 is 17.9 Å². The molecule has 6 nitrogen and oxygen atoms in total. The largest absolute Gasteiger partial charge is 0.366 e. The van der Waals surface area contributed by atoms with E-state index >= 15 is 0 Å². The van der Waals surface area contributed by atoms with E-state index in [-0.39, 0.29) is 30.5 Å². The summed E-state index contributed by atoms with van der Waals surface area (Å²) in [5.41, 5.74) is 2.17. The quantitative estimate of drug-likeness (QED) is 0.715. The van der Waals surface area contributed by atoms with Crippen molar-refractivity contribution < 1.29 is 28.4 Å². The van der Waals surface area contributed by atoms with Gasteiger partial charge in [-0.1, -0.05) is 60.7 Å². The highest BCUT2D eigenvalue weighted by Gasteiger charge is 2.60. The number of hydrogen-bond donors (Lipinski definition) is 0. The van der Waals surface area contributed by atoms with Crippen molar-refractivity contribution in [2.24, 2.45) is 0 Å². The van der Waals surface area contributed by atoms with Crippen LogP contribution in [0.1, 0.15) is 44.9 Å². The molecule has 0 unspecified atom stereocenters. The Morgan fingerprint density at radius 3 is 1.84 bits per heavy atom. The maximum Gasteiger partial charge on any atom is 0.190 e. The van der Waals surface area contributed by atoms with Crippen LogP contribution in [0.15, 0.2) is 60.7 Å². The van der Waals surface area contributed by atoms with E-state index in [4.69, 9.17) is 28.4 Å². The van der Waals surface area contributed by atoms with Gasteiger partial charge in [-0.3, -0.25) is 0 Å². The first kappa shape index (κ1) is 21.1. The normalized spacial score (nSPS) is 33.3. The molecular weight excluding hydrogens is 396 g/mol. The Morgan fingerprint density at radius 2 is 1.23 bits per heavy atom. The molecule has 5 rings (SSSR count). The number of hydrogen-bond acceptors (Lipinski definition) is 6.